The number of esters is 1. The number of ether oxygens (including phenoxy) is 1. The Morgan fingerprint density at radius 1 is 1.35 bits per heavy atom. The molecule has 0 aliphatic carbocycles. The fraction of sp³-hybridized carbons (Fsp3) is 0.562. The van der Waals surface area contributed by atoms with Crippen LogP contribution < -0.4 is 0 Å². The molecule has 4 heteroatoms. The zero-order valence-corrected chi connectivity index (χ0v) is 13.7. The lowest BCUT2D eigenvalue weighted by atomic mass is 10.0. The Balaban J connectivity index is 2.68. The van der Waals surface area contributed by atoms with E-state index in [-0.39, 0.29) is 5.97 Å². The van der Waals surface area contributed by atoms with E-state index in [2.05, 4.69) is 31.2 Å². The minimum absolute atomic E-state index is 0.185. The molecule has 0 aromatic heterocycles. The van der Waals surface area contributed by atoms with Crippen LogP contribution >= 0.6 is 11.8 Å². The summed E-state index contributed by atoms with van der Waals surface area (Å²) in [5.74, 6) is 0.991. The van der Waals surface area contributed by atoms with Gasteiger partial charge in [-0.3, -0.25) is 9.69 Å². The van der Waals surface area contributed by atoms with Gasteiger partial charge in [0, 0.05) is 12.6 Å². The van der Waals surface area contributed by atoms with Crippen LogP contribution in [-0.4, -0.2) is 43.1 Å². The van der Waals surface area contributed by atoms with E-state index in [1.807, 2.05) is 30.0 Å². The summed E-state index contributed by atoms with van der Waals surface area (Å²) < 4.78 is 4.76. The highest BCUT2D eigenvalue weighted by molar-refractivity contribution is 7.98. The second-order valence-electron chi connectivity index (χ2n) is 5.07. The van der Waals surface area contributed by atoms with Gasteiger partial charge in [-0.15, -0.1) is 0 Å². The van der Waals surface area contributed by atoms with E-state index in [1.54, 1.807) is 0 Å². The third kappa shape index (κ3) is 5.55. The first-order valence-corrected chi connectivity index (χ1v) is 8.30. The molecule has 20 heavy (non-hydrogen) atoms. The van der Waals surface area contributed by atoms with Gasteiger partial charge in [0.15, 0.2) is 0 Å². The van der Waals surface area contributed by atoms with E-state index >= 15 is 0 Å². The molecular formula is C16H25NO2S. The lowest BCUT2D eigenvalue weighted by Gasteiger charge is -2.25. The van der Waals surface area contributed by atoms with Crippen LogP contribution in [0.2, 0.25) is 0 Å². The van der Waals surface area contributed by atoms with Gasteiger partial charge in [-0.05, 0) is 43.5 Å². The van der Waals surface area contributed by atoms with Crippen molar-refractivity contribution in [2.24, 2.45) is 0 Å². The molecule has 1 atom stereocenters. The lowest BCUT2D eigenvalue weighted by molar-refractivity contribution is -0.139. The third-order valence-corrected chi connectivity index (χ3v) is 4.24. The van der Waals surface area contributed by atoms with Crippen molar-refractivity contribution in [1.29, 1.82) is 0 Å². The Kier molecular flexibility index (Phi) is 7.70. The SMILES string of the molecule is COC(=O)Cc1ccccc1CN(C)C(C)CCSC. The van der Waals surface area contributed by atoms with Gasteiger partial charge in [0.1, 0.15) is 0 Å². The summed E-state index contributed by atoms with van der Waals surface area (Å²) in [5, 5.41) is 0. The van der Waals surface area contributed by atoms with E-state index in [0.717, 1.165) is 12.1 Å². The number of hydrogen-bond donors (Lipinski definition) is 0. The Morgan fingerprint density at radius 2 is 2.00 bits per heavy atom. The maximum Gasteiger partial charge on any atom is 0.309 e. The predicted molar refractivity (Wildman–Crippen MR) is 86.1 cm³/mol. The van der Waals surface area contributed by atoms with E-state index in [1.165, 1.54) is 24.8 Å². The van der Waals surface area contributed by atoms with Gasteiger partial charge in [-0.25, -0.2) is 0 Å². The van der Waals surface area contributed by atoms with Crippen LogP contribution in [-0.2, 0) is 22.5 Å². The molecule has 0 N–H and O–H groups in total. The predicted octanol–water partition coefficient (Wildman–Crippen LogP) is 2.98. The molecular weight excluding hydrogens is 270 g/mol. The molecule has 1 rings (SSSR count). The Labute approximate surface area is 126 Å². The van der Waals surface area contributed by atoms with Crippen LogP contribution in [0.3, 0.4) is 0 Å². The second kappa shape index (κ2) is 9.03. The van der Waals surface area contributed by atoms with Gasteiger partial charge in [0.05, 0.1) is 13.5 Å². The average molecular weight is 295 g/mol. The number of benzene rings is 1. The molecule has 0 aliphatic rings. The maximum absolute atomic E-state index is 11.5. The fourth-order valence-electron chi connectivity index (χ4n) is 2.05. The highest BCUT2D eigenvalue weighted by Crippen LogP contribution is 2.15. The van der Waals surface area contributed by atoms with Crippen molar-refractivity contribution in [1.82, 2.24) is 4.90 Å². The van der Waals surface area contributed by atoms with Gasteiger partial charge < -0.3 is 4.74 Å². The highest BCUT2D eigenvalue weighted by Gasteiger charge is 2.13. The normalized spacial score (nSPS) is 12.4. The molecule has 0 bridgehead atoms. The number of carbonyl (C=O) groups is 1. The summed E-state index contributed by atoms with van der Waals surface area (Å²) in [6.45, 7) is 3.11. The molecule has 0 heterocycles. The van der Waals surface area contributed by atoms with Crippen LogP contribution in [0.1, 0.15) is 24.5 Å². The molecule has 0 spiro atoms. The van der Waals surface area contributed by atoms with E-state index in [4.69, 9.17) is 4.74 Å². The van der Waals surface area contributed by atoms with Gasteiger partial charge in [0.2, 0.25) is 0 Å². The van der Waals surface area contributed by atoms with Gasteiger partial charge >= 0.3 is 5.97 Å². The van der Waals surface area contributed by atoms with Crippen LogP contribution in [0.25, 0.3) is 0 Å². The zero-order valence-electron chi connectivity index (χ0n) is 12.9. The largest absolute Gasteiger partial charge is 0.469 e. The highest BCUT2D eigenvalue weighted by atomic mass is 32.2. The molecule has 112 valence electrons. The van der Waals surface area contributed by atoms with Crippen molar-refractivity contribution >= 4 is 17.7 Å². The number of hydrogen-bond acceptors (Lipinski definition) is 4. The van der Waals surface area contributed by atoms with E-state index in [0.29, 0.717) is 12.5 Å². The second-order valence-corrected chi connectivity index (χ2v) is 6.05. The molecule has 0 aliphatic heterocycles. The summed E-state index contributed by atoms with van der Waals surface area (Å²) in [7, 11) is 3.57. The first kappa shape index (κ1) is 17.1. The Bertz CT molecular complexity index is 423. The van der Waals surface area contributed by atoms with Gasteiger partial charge in [-0.1, -0.05) is 24.3 Å². The maximum atomic E-state index is 11.5. The van der Waals surface area contributed by atoms with Crippen molar-refractivity contribution in [2.75, 3.05) is 26.2 Å². The Morgan fingerprint density at radius 3 is 2.60 bits per heavy atom. The first-order chi connectivity index (χ1) is 9.58. The summed E-state index contributed by atoms with van der Waals surface area (Å²) in [6.07, 6.45) is 3.66. The van der Waals surface area contributed by atoms with E-state index in [9.17, 15) is 4.79 Å². The summed E-state index contributed by atoms with van der Waals surface area (Å²) in [4.78, 5) is 13.8. The van der Waals surface area contributed by atoms with Gasteiger partial charge in [0.25, 0.3) is 0 Å². The summed E-state index contributed by atoms with van der Waals surface area (Å²) in [6, 6.07) is 8.63. The van der Waals surface area contributed by atoms with Crippen molar-refractivity contribution in [2.45, 2.75) is 32.4 Å². The number of carbonyl (C=O) groups excluding carboxylic acids is 1. The molecule has 0 amide bonds. The Hall–Kier alpha value is -1.00. The summed E-state index contributed by atoms with van der Waals surface area (Å²) in [5.41, 5.74) is 2.26. The van der Waals surface area contributed by atoms with Crippen LogP contribution in [0, 0.1) is 0 Å². The number of thioether (sulfide) groups is 1. The van der Waals surface area contributed by atoms with Crippen LogP contribution in [0.15, 0.2) is 24.3 Å². The van der Waals surface area contributed by atoms with Crippen molar-refractivity contribution in [3.8, 4) is 0 Å². The summed E-state index contributed by atoms with van der Waals surface area (Å²) >= 11 is 1.88. The van der Waals surface area contributed by atoms with Crippen molar-refractivity contribution in [3.63, 3.8) is 0 Å². The number of rotatable bonds is 8. The van der Waals surface area contributed by atoms with E-state index < -0.39 is 0 Å². The first-order valence-electron chi connectivity index (χ1n) is 6.91. The minimum Gasteiger partial charge on any atom is -0.469 e. The molecule has 1 aromatic rings. The molecule has 3 nitrogen and oxygen atoms in total. The molecule has 0 fully saturated rings. The zero-order chi connectivity index (χ0) is 15.0. The monoisotopic (exact) mass is 295 g/mol. The number of nitrogens with zero attached hydrogens (tertiary/aromatic N) is 1. The average Bonchev–Trinajstić information content (AvgIpc) is 2.46. The third-order valence-electron chi connectivity index (χ3n) is 3.59. The lowest BCUT2D eigenvalue weighted by Crippen LogP contribution is -2.29. The minimum atomic E-state index is -0.185. The molecule has 1 aromatic carbocycles. The van der Waals surface area contributed by atoms with Gasteiger partial charge in [-0.2, -0.15) is 11.8 Å². The molecule has 0 saturated heterocycles. The standard InChI is InChI=1S/C16H25NO2S/c1-13(9-10-20-4)17(2)12-15-8-6-5-7-14(15)11-16(18)19-3/h5-8,13H,9-12H2,1-4H3. The van der Waals surface area contributed by atoms with Crippen molar-refractivity contribution in [3.05, 3.63) is 35.4 Å². The number of methoxy groups -OCH3 is 1. The van der Waals surface area contributed by atoms with Crippen molar-refractivity contribution < 1.29 is 9.53 Å². The smallest absolute Gasteiger partial charge is 0.309 e. The molecule has 0 radical (unpaired) electrons. The quantitative estimate of drug-likeness (QED) is 0.690. The van der Waals surface area contributed by atoms with Crippen LogP contribution in [0.5, 0.6) is 0 Å². The fourth-order valence-corrected chi connectivity index (χ4v) is 2.62. The van der Waals surface area contributed by atoms with Crippen LogP contribution in [0.4, 0.5) is 0 Å². The topological polar surface area (TPSA) is 29.5 Å². The molecule has 0 saturated carbocycles. The molecule has 1 unspecified atom stereocenters.